The first-order chi connectivity index (χ1) is 11.1. The molecule has 2 heterocycles. The van der Waals surface area contributed by atoms with E-state index in [4.69, 9.17) is 5.73 Å². The molecule has 0 aliphatic heterocycles. The van der Waals surface area contributed by atoms with E-state index in [0.717, 1.165) is 33.2 Å². The summed E-state index contributed by atoms with van der Waals surface area (Å²) in [5.74, 6) is 0.575. The number of imidazole rings is 1. The minimum absolute atomic E-state index is 0.215. The van der Waals surface area contributed by atoms with E-state index < -0.39 is 6.04 Å². The van der Waals surface area contributed by atoms with Crippen molar-refractivity contribution < 1.29 is 4.79 Å². The molecule has 3 N–H and O–H groups in total. The third-order valence-corrected chi connectivity index (χ3v) is 4.83. The lowest BCUT2D eigenvalue weighted by molar-refractivity contribution is -0.117. The molecule has 23 heavy (non-hydrogen) atoms. The van der Waals surface area contributed by atoms with Crippen LogP contribution < -0.4 is 11.1 Å². The third-order valence-electron chi connectivity index (χ3n) is 3.66. The summed E-state index contributed by atoms with van der Waals surface area (Å²) in [5, 5.41) is 3.96. The summed E-state index contributed by atoms with van der Waals surface area (Å²) in [6, 6.07) is 5.08. The number of rotatable bonds is 5. The second kappa shape index (κ2) is 6.47. The molecule has 1 amide bonds. The Bertz CT molecular complexity index is 838. The topological polar surface area (TPSA) is 85.8 Å². The van der Waals surface area contributed by atoms with E-state index in [1.807, 2.05) is 36.0 Å². The monoisotopic (exact) mass is 329 g/mol. The molecule has 3 aromatic rings. The molecule has 0 radical (unpaired) electrons. The number of aryl methyl sites for hydroxylation is 2. The van der Waals surface area contributed by atoms with E-state index in [1.165, 1.54) is 0 Å². The smallest absolute Gasteiger partial charge is 0.241 e. The molecule has 1 unspecified atom stereocenters. The van der Waals surface area contributed by atoms with E-state index in [0.29, 0.717) is 6.42 Å². The van der Waals surface area contributed by atoms with E-state index in [9.17, 15) is 4.79 Å². The lowest BCUT2D eigenvalue weighted by Crippen LogP contribution is -2.38. The molecule has 0 aliphatic rings. The van der Waals surface area contributed by atoms with Gasteiger partial charge in [0.25, 0.3) is 0 Å². The van der Waals surface area contributed by atoms with Crippen LogP contribution in [0.3, 0.4) is 0 Å². The Morgan fingerprint density at radius 1 is 1.48 bits per heavy atom. The Morgan fingerprint density at radius 2 is 2.30 bits per heavy atom. The highest BCUT2D eigenvalue weighted by Gasteiger charge is 2.16. The number of hydrogen-bond acceptors (Lipinski definition) is 5. The molecule has 7 heteroatoms. The van der Waals surface area contributed by atoms with Crippen LogP contribution in [0.5, 0.6) is 0 Å². The van der Waals surface area contributed by atoms with Crippen molar-refractivity contribution in [2.75, 3.05) is 5.32 Å². The average Bonchev–Trinajstić information content (AvgIpc) is 3.13. The van der Waals surface area contributed by atoms with Crippen molar-refractivity contribution in [2.45, 2.75) is 25.8 Å². The van der Waals surface area contributed by atoms with Gasteiger partial charge in [-0.3, -0.25) is 4.79 Å². The van der Waals surface area contributed by atoms with Gasteiger partial charge in [-0.15, -0.1) is 11.3 Å². The highest BCUT2D eigenvalue weighted by molar-refractivity contribution is 7.18. The molecule has 0 aliphatic carbocycles. The van der Waals surface area contributed by atoms with Gasteiger partial charge in [0.1, 0.15) is 5.82 Å². The minimum atomic E-state index is -0.639. The summed E-state index contributed by atoms with van der Waals surface area (Å²) in [4.78, 5) is 21.0. The number of hydrogen-bond donors (Lipinski definition) is 2. The van der Waals surface area contributed by atoms with Crippen LogP contribution in [-0.2, 0) is 24.7 Å². The SMILES string of the molecule is CCc1nc2ccc(NC(=O)C(N)Cc3nccn3C)cc2s1. The number of thiazole rings is 1. The number of fused-ring (bicyclic) bond motifs is 1. The number of carbonyl (C=O) groups is 1. The van der Waals surface area contributed by atoms with Crippen molar-refractivity contribution in [1.29, 1.82) is 0 Å². The number of anilines is 1. The lowest BCUT2D eigenvalue weighted by Gasteiger charge is -2.12. The molecule has 1 aromatic carbocycles. The van der Waals surface area contributed by atoms with Crippen molar-refractivity contribution in [1.82, 2.24) is 14.5 Å². The number of nitrogens with one attached hydrogen (secondary N) is 1. The van der Waals surface area contributed by atoms with E-state index in [2.05, 4.69) is 22.2 Å². The summed E-state index contributed by atoms with van der Waals surface area (Å²) < 4.78 is 2.93. The summed E-state index contributed by atoms with van der Waals surface area (Å²) >= 11 is 1.65. The molecule has 0 saturated heterocycles. The van der Waals surface area contributed by atoms with Gasteiger partial charge in [0.15, 0.2) is 0 Å². The fourth-order valence-corrected chi connectivity index (χ4v) is 3.27. The number of aromatic nitrogens is 3. The average molecular weight is 329 g/mol. The van der Waals surface area contributed by atoms with Crippen LogP contribution in [0.15, 0.2) is 30.6 Å². The van der Waals surface area contributed by atoms with Gasteiger partial charge in [0, 0.05) is 31.5 Å². The number of nitrogens with zero attached hydrogens (tertiary/aromatic N) is 3. The first kappa shape index (κ1) is 15.6. The Balaban J connectivity index is 1.70. The molecule has 3 rings (SSSR count). The highest BCUT2D eigenvalue weighted by atomic mass is 32.1. The highest BCUT2D eigenvalue weighted by Crippen LogP contribution is 2.25. The van der Waals surface area contributed by atoms with Crippen molar-refractivity contribution in [3.8, 4) is 0 Å². The molecule has 0 spiro atoms. The Labute approximate surface area is 138 Å². The maximum atomic E-state index is 12.3. The standard InChI is InChI=1S/C16H19N5OS/c1-3-15-20-12-5-4-10(8-13(12)23-15)19-16(22)11(17)9-14-18-6-7-21(14)2/h4-8,11H,3,9,17H2,1-2H3,(H,19,22). The largest absolute Gasteiger partial charge is 0.338 e. The third kappa shape index (κ3) is 3.40. The lowest BCUT2D eigenvalue weighted by atomic mass is 10.2. The second-order valence-corrected chi connectivity index (χ2v) is 6.51. The predicted molar refractivity (Wildman–Crippen MR) is 92.5 cm³/mol. The van der Waals surface area contributed by atoms with E-state index >= 15 is 0 Å². The molecule has 1 atom stereocenters. The van der Waals surface area contributed by atoms with Crippen LogP contribution in [0, 0.1) is 0 Å². The molecule has 0 bridgehead atoms. The van der Waals surface area contributed by atoms with Gasteiger partial charge in [-0.2, -0.15) is 0 Å². The maximum Gasteiger partial charge on any atom is 0.241 e. The van der Waals surface area contributed by atoms with Crippen LogP contribution in [-0.4, -0.2) is 26.5 Å². The van der Waals surface area contributed by atoms with Crippen LogP contribution >= 0.6 is 11.3 Å². The second-order valence-electron chi connectivity index (χ2n) is 5.40. The Morgan fingerprint density at radius 3 is 3.00 bits per heavy atom. The summed E-state index contributed by atoms with van der Waals surface area (Å²) in [6.07, 6.45) is 4.85. The van der Waals surface area contributed by atoms with Crippen molar-refractivity contribution in [3.63, 3.8) is 0 Å². The van der Waals surface area contributed by atoms with Crippen LogP contribution in [0.2, 0.25) is 0 Å². The van der Waals surface area contributed by atoms with Gasteiger partial charge in [0.05, 0.1) is 21.3 Å². The van der Waals surface area contributed by atoms with Gasteiger partial charge < -0.3 is 15.6 Å². The van der Waals surface area contributed by atoms with Crippen molar-refractivity contribution in [2.24, 2.45) is 12.8 Å². The first-order valence-corrected chi connectivity index (χ1v) is 8.30. The van der Waals surface area contributed by atoms with Crippen molar-refractivity contribution in [3.05, 3.63) is 41.4 Å². The van der Waals surface area contributed by atoms with Gasteiger partial charge in [-0.05, 0) is 24.6 Å². The predicted octanol–water partition coefficient (Wildman–Crippen LogP) is 2.10. The summed E-state index contributed by atoms with van der Waals surface area (Å²) in [7, 11) is 1.88. The van der Waals surface area contributed by atoms with Gasteiger partial charge >= 0.3 is 0 Å². The number of nitrogens with two attached hydrogens (primary N) is 1. The fraction of sp³-hybridized carbons (Fsp3) is 0.312. The van der Waals surface area contributed by atoms with Crippen molar-refractivity contribution >= 4 is 33.1 Å². The minimum Gasteiger partial charge on any atom is -0.338 e. The van der Waals surface area contributed by atoms with Crippen LogP contribution in [0.25, 0.3) is 10.2 Å². The number of carbonyl (C=O) groups excluding carboxylic acids is 1. The zero-order valence-corrected chi connectivity index (χ0v) is 13.9. The molecule has 6 nitrogen and oxygen atoms in total. The Hall–Kier alpha value is -2.25. The molecular formula is C16H19N5OS. The zero-order valence-electron chi connectivity index (χ0n) is 13.1. The van der Waals surface area contributed by atoms with Crippen LogP contribution in [0.1, 0.15) is 17.8 Å². The Kier molecular flexibility index (Phi) is 4.40. The molecule has 2 aromatic heterocycles. The number of benzene rings is 1. The normalized spacial score (nSPS) is 12.5. The quantitative estimate of drug-likeness (QED) is 0.750. The maximum absolute atomic E-state index is 12.3. The molecular weight excluding hydrogens is 310 g/mol. The molecule has 0 fully saturated rings. The summed E-state index contributed by atoms with van der Waals surface area (Å²) in [5.41, 5.74) is 7.69. The fourth-order valence-electron chi connectivity index (χ4n) is 2.32. The molecule has 120 valence electrons. The first-order valence-electron chi connectivity index (χ1n) is 7.49. The van der Waals surface area contributed by atoms with E-state index in [-0.39, 0.29) is 5.91 Å². The van der Waals surface area contributed by atoms with Gasteiger partial charge in [-0.25, -0.2) is 9.97 Å². The zero-order chi connectivity index (χ0) is 16.4. The van der Waals surface area contributed by atoms with Gasteiger partial charge in [0.2, 0.25) is 5.91 Å². The van der Waals surface area contributed by atoms with E-state index in [1.54, 1.807) is 17.5 Å². The molecule has 0 saturated carbocycles. The van der Waals surface area contributed by atoms with Crippen LogP contribution in [0.4, 0.5) is 5.69 Å². The number of amides is 1. The summed E-state index contributed by atoms with van der Waals surface area (Å²) in [6.45, 7) is 2.08. The van der Waals surface area contributed by atoms with Gasteiger partial charge in [-0.1, -0.05) is 6.92 Å².